The zero-order chi connectivity index (χ0) is 18.4. The van der Waals surface area contributed by atoms with Gasteiger partial charge in [-0.25, -0.2) is 0 Å². The standard InChI is InChI=1S/C21H21N3O2/c1-26-19-10-8-16(9-11-19)14-23-21(25)18(13-22)15-24-12-4-6-17-5-2-3-7-20(17)24/h2-3,5,7-11,15H,4,6,12,14H2,1H3,(H,23,25)/b18-15-. The van der Waals surface area contributed by atoms with Gasteiger partial charge in [0.1, 0.15) is 17.4 Å². The Morgan fingerprint density at radius 1 is 1.27 bits per heavy atom. The van der Waals surface area contributed by atoms with Gasteiger partial charge in [0.25, 0.3) is 5.91 Å². The van der Waals surface area contributed by atoms with Crippen molar-refractivity contribution in [2.75, 3.05) is 18.6 Å². The van der Waals surface area contributed by atoms with Gasteiger partial charge in [0, 0.05) is 25.0 Å². The smallest absolute Gasteiger partial charge is 0.263 e. The van der Waals surface area contributed by atoms with Crippen LogP contribution in [0.15, 0.2) is 60.3 Å². The highest BCUT2D eigenvalue weighted by Crippen LogP contribution is 2.27. The molecule has 2 aromatic rings. The van der Waals surface area contributed by atoms with Crippen molar-refractivity contribution in [3.63, 3.8) is 0 Å². The van der Waals surface area contributed by atoms with Crippen LogP contribution in [0.1, 0.15) is 17.5 Å². The number of methoxy groups -OCH3 is 1. The van der Waals surface area contributed by atoms with Crippen molar-refractivity contribution in [3.05, 3.63) is 71.4 Å². The molecule has 1 amide bonds. The van der Waals surface area contributed by atoms with Crippen LogP contribution in [0.3, 0.4) is 0 Å². The van der Waals surface area contributed by atoms with Crippen LogP contribution in [0.4, 0.5) is 5.69 Å². The van der Waals surface area contributed by atoms with Crippen molar-refractivity contribution in [3.8, 4) is 11.8 Å². The van der Waals surface area contributed by atoms with Crippen LogP contribution in [-0.4, -0.2) is 19.6 Å². The Bertz CT molecular complexity index is 850. The molecule has 0 saturated carbocycles. The summed E-state index contributed by atoms with van der Waals surface area (Å²) in [5.74, 6) is 0.396. The van der Waals surface area contributed by atoms with Crippen molar-refractivity contribution in [2.45, 2.75) is 19.4 Å². The summed E-state index contributed by atoms with van der Waals surface area (Å²) < 4.78 is 5.12. The van der Waals surface area contributed by atoms with Gasteiger partial charge in [0.2, 0.25) is 0 Å². The van der Waals surface area contributed by atoms with Gasteiger partial charge >= 0.3 is 0 Å². The van der Waals surface area contributed by atoms with E-state index in [4.69, 9.17) is 4.74 Å². The first-order chi connectivity index (χ1) is 12.7. The van der Waals surface area contributed by atoms with Gasteiger partial charge in [0.15, 0.2) is 0 Å². The number of carbonyl (C=O) groups excluding carboxylic acids is 1. The van der Waals surface area contributed by atoms with Gasteiger partial charge in [0.05, 0.1) is 7.11 Å². The van der Waals surface area contributed by atoms with Crippen LogP contribution in [0.5, 0.6) is 5.75 Å². The molecule has 5 heteroatoms. The molecule has 0 saturated heterocycles. The van der Waals surface area contributed by atoms with E-state index in [0.29, 0.717) is 6.54 Å². The minimum absolute atomic E-state index is 0.107. The fraction of sp³-hybridized carbons (Fsp3) is 0.238. The van der Waals surface area contributed by atoms with Crippen LogP contribution in [0.2, 0.25) is 0 Å². The number of anilines is 1. The number of para-hydroxylation sites is 1. The van der Waals surface area contributed by atoms with E-state index in [-0.39, 0.29) is 11.5 Å². The lowest BCUT2D eigenvalue weighted by molar-refractivity contribution is -0.117. The van der Waals surface area contributed by atoms with Gasteiger partial charge in [-0.05, 0) is 42.2 Å². The highest BCUT2D eigenvalue weighted by atomic mass is 16.5. The lowest BCUT2D eigenvalue weighted by Gasteiger charge is -2.28. The molecule has 2 aromatic carbocycles. The van der Waals surface area contributed by atoms with Gasteiger partial charge in [-0.2, -0.15) is 5.26 Å². The van der Waals surface area contributed by atoms with Crippen molar-refractivity contribution < 1.29 is 9.53 Å². The molecule has 1 heterocycles. The van der Waals surface area contributed by atoms with Crippen molar-refractivity contribution >= 4 is 11.6 Å². The molecule has 0 spiro atoms. The van der Waals surface area contributed by atoms with Crippen LogP contribution in [0, 0.1) is 11.3 Å². The van der Waals surface area contributed by atoms with E-state index in [2.05, 4.69) is 11.4 Å². The van der Waals surface area contributed by atoms with E-state index in [1.807, 2.05) is 53.4 Å². The Morgan fingerprint density at radius 2 is 2.04 bits per heavy atom. The van der Waals surface area contributed by atoms with Gasteiger partial charge in [-0.3, -0.25) is 4.79 Å². The number of benzene rings is 2. The van der Waals surface area contributed by atoms with Crippen LogP contribution in [-0.2, 0) is 17.8 Å². The van der Waals surface area contributed by atoms with E-state index >= 15 is 0 Å². The maximum absolute atomic E-state index is 12.4. The molecule has 0 atom stereocenters. The monoisotopic (exact) mass is 347 g/mol. The van der Waals surface area contributed by atoms with Crippen molar-refractivity contribution in [1.82, 2.24) is 5.32 Å². The summed E-state index contributed by atoms with van der Waals surface area (Å²) in [6, 6.07) is 17.6. The molecule has 3 rings (SSSR count). The predicted molar refractivity (Wildman–Crippen MR) is 101 cm³/mol. The highest BCUT2D eigenvalue weighted by molar-refractivity contribution is 5.97. The summed E-state index contributed by atoms with van der Waals surface area (Å²) in [4.78, 5) is 14.4. The van der Waals surface area contributed by atoms with Gasteiger partial charge < -0.3 is 15.0 Å². The number of nitrogens with zero attached hydrogens (tertiary/aromatic N) is 2. The third-order valence-electron chi connectivity index (χ3n) is 4.41. The third-order valence-corrected chi connectivity index (χ3v) is 4.41. The Kier molecular flexibility index (Phi) is 5.55. The molecule has 0 aromatic heterocycles. The van der Waals surface area contributed by atoms with Crippen molar-refractivity contribution in [2.24, 2.45) is 0 Å². The molecule has 0 radical (unpaired) electrons. The first-order valence-electron chi connectivity index (χ1n) is 8.59. The predicted octanol–water partition coefficient (Wildman–Crippen LogP) is 3.17. The molecule has 0 fully saturated rings. The zero-order valence-corrected chi connectivity index (χ0v) is 14.7. The topological polar surface area (TPSA) is 65.4 Å². The lowest BCUT2D eigenvalue weighted by Crippen LogP contribution is -2.28. The number of nitrogens with one attached hydrogen (secondary N) is 1. The van der Waals surface area contributed by atoms with Crippen LogP contribution >= 0.6 is 0 Å². The molecular formula is C21H21N3O2. The Hall–Kier alpha value is -3.26. The number of fused-ring (bicyclic) bond motifs is 1. The maximum Gasteiger partial charge on any atom is 0.263 e. The van der Waals surface area contributed by atoms with Gasteiger partial charge in [-0.15, -0.1) is 0 Å². The first kappa shape index (κ1) is 17.6. The molecule has 0 aliphatic carbocycles. The Morgan fingerprint density at radius 3 is 2.77 bits per heavy atom. The second-order valence-electron chi connectivity index (χ2n) is 6.11. The molecule has 1 aliphatic rings. The maximum atomic E-state index is 12.4. The number of hydrogen-bond acceptors (Lipinski definition) is 4. The third kappa shape index (κ3) is 4.04. The molecular weight excluding hydrogens is 326 g/mol. The summed E-state index contributed by atoms with van der Waals surface area (Å²) >= 11 is 0. The van der Waals surface area contributed by atoms with E-state index in [9.17, 15) is 10.1 Å². The number of carbonyl (C=O) groups is 1. The second kappa shape index (κ2) is 8.21. The summed E-state index contributed by atoms with van der Waals surface area (Å²) in [5.41, 5.74) is 3.36. The number of ether oxygens (including phenoxy) is 1. The molecule has 0 bridgehead atoms. The molecule has 1 N–H and O–H groups in total. The van der Waals surface area contributed by atoms with E-state index in [0.717, 1.165) is 36.4 Å². The Labute approximate surface area is 153 Å². The largest absolute Gasteiger partial charge is 0.497 e. The van der Waals surface area contributed by atoms with E-state index in [1.54, 1.807) is 13.3 Å². The van der Waals surface area contributed by atoms with Crippen molar-refractivity contribution in [1.29, 1.82) is 5.26 Å². The van der Waals surface area contributed by atoms with Crippen LogP contribution < -0.4 is 15.0 Å². The zero-order valence-electron chi connectivity index (χ0n) is 14.7. The fourth-order valence-electron chi connectivity index (χ4n) is 3.01. The molecule has 5 nitrogen and oxygen atoms in total. The summed E-state index contributed by atoms with van der Waals surface area (Å²) in [6.45, 7) is 1.16. The minimum Gasteiger partial charge on any atom is -0.497 e. The number of rotatable bonds is 5. The number of nitriles is 1. The average molecular weight is 347 g/mol. The quantitative estimate of drug-likeness (QED) is 0.666. The number of amides is 1. The normalized spacial score (nSPS) is 13.5. The Balaban J connectivity index is 1.69. The first-order valence-corrected chi connectivity index (χ1v) is 8.59. The number of aryl methyl sites for hydroxylation is 1. The minimum atomic E-state index is -0.369. The van der Waals surface area contributed by atoms with Gasteiger partial charge in [-0.1, -0.05) is 30.3 Å². The van der Waals surface area contributed by atoms with E-state index in [1.165, 1.54) is 5.56 Å². The molecule has 26 heavy (non-hydrogen) atoms. The summed E-state index contributed by atoms with van der Waals surface area (Å²) in [6.07, 6.45) is 3.67. The summed E-state index contributed by atoms with van der Waals surface area (Å²) in [5, 5.41) is 12.2. The van der Waals surface area contributed by atoms with E-state index < -0.39 is 0 Å². The number of hydrogen-bond donors (Lipinski definition) is 1. The lowest BCUT2D eigenvalue weighted by atomic mass is 10.0. The average Bonchev–Trinajstić information content (AvgIpc) is 2.70. The molecule has 1 aliphatic heterocycles. The fourth-order valence-corrected chi connectivity index (χ4v) is 3.01. The summed E-state index contributed by atoms with van der Waals surface area (Å²) in [7, 11) is 1.61. The molecule has 0 unspecified atom stereocenters. The van der Waals surface area contributed by atoms with Crippen LogP contribution in [0.25, 0.3) is 0 Å². The molecule has 132 valence electrons. The SMILES string of the molecule is COc1ccc(CNC(=O)/C(C#N)=C\N2CCCc3ccccc32)cc1. The highest BCUT2D eigenvalue weighted by Gasteiger charge is 2.17. The second-order valence-corrected chi connectivity index (χ2v) is 6.11.